The van der Waals surface area contributed by atoms with Crippen LogP contribution in [0.1, 0.15) is 29.9 Å². The van der Waals surface area contributed by atoms with Crippen molar-refractivity contribution in [3.8, 4) is 0 Å². The van der Waals surface area contributed by atoms with Gasteiger partial charge in [0.1, 0.15) is 0 Å². The van der Waals surface area contributed by atoms with Crippen LogP contribution in [0.25, 0.3) is 0 Å². The first kappa shape index (κ1) is 11.1. The molecule has 1 aliphatic rings. The van der Waals surface area contributed by atoms with E-state index in [0.29, 0.717) is 13.2 Å². The molecule has 0 radical (unpaired) electrons. The Balaban J connectivity index is 2.43. The average Bonchev–Trinajstić information content (AvgIpc) is 2.69. The minimum atomic E-state index is -0.159. The summed E-state index contributed by atoms with van der Waals surface area (Å²) >= 11 is 3.51. The Kier molecular flexibility index (Phi) is 3.44. The molecule has 2 rings (SSSR count). The fraction of sp³-hybridized carbons (Fsp3) is 0.500. The smallest absolute Gasteiger partial charge is 0.184 e. The minimum Gasteiger partial charge on any atom is -0.346 e. The molecular weight excluding hydrogens is 256 g/mol. The third kappa shape index (κ3) is 2.25. The van der Waals surface area contributed by atoms with Gasteiger partial charge < -0.3 is 9.47 Å². The van der Waals surface area contributed by atoms with Crippen LogP contribution in [0.5, 0.6) is 0 Å². The summed E-state index contributed by atoms with van der Waals surface area (Å²) in [4.78, 5) is 0. The van der Waals surface area contributed by atoms with E-state index in [4.69, 9.17) is 9.47 Å². The largest absolute Gasteiger partial charge is 0.346 e. The fourth-order valence-electron chi connectivity index (χ4n) is 1.98. The Morgan fingerprint density at radius 2 is 2.00 bits per heavy atom. The van der Waals surface area contributed by atoms with Gasteiger partial charge in [0.25, 0.3) is 0 Å². The molecule has 0 bridgehead atoms. The van der Waals surface area contributed by atoms with Gasteiger partial charge >= 0.3 is 0 Å². The summed E-state index contributed by atoms with van der Waals surface area (Å²) in [6.45, 7) is 5.65. The molecule has 0 aromatic heterocycles. The maximum absolute atomic E-state index is 5.56. The molecule has 1 aliphatic heterocycles. The summed E-state index contributed by atoms with van der Waals surface area (Å²) in [7, 11) is 0. The van der Waals surface area contributed by atoms with Gasteiger partial charge in [0.15, 0.2) is 6.29 Å². The molecule has 0 N–H and O–H groups in total. The molecule has 0 atom stereocenters. The quantitative estimate of drug-likeness (QED) is 0.821. The first-order chi connectivity index (χ1) is 7.22. The molecule has 1 fully saturated rings. The number of hydrogen-bond donors (Lipinski definition) is 0. The number of hydrogen-bond acceptors (Lipinski definition) is 2. The average molecular weight is 271 g/mol. The molecular formula is C12H15BrO2. The Labute approximate surface area is 98.7 Å². The van der Waals surface area contributed by atoms with Crippen LogP contribution in [-0.2, 0) is 15.9 Å². The molecule has 1 saturated heterocycles. The summed E-state index contributed by atoms with van der Waals surface area (Å²) < 4.78 is 12.3. The lowest BCUT2D eigenvalue weighted by Crippen LogP contribution is -2.05. The molecule has 3 heteroatoms. The maximum atomic E-state index is 5.56. The predicted molar refractivity (Wildman–Crippen MR) is 62.9 cm³/mol. The van der Waals surface area contributed by atoms with Crippen LogP contribution in [0.3, 0.4) is 0 Å². The van der Waals surface area contributed by atoms with Crippen LogP contribution < -0.4 is 0 Å². The lowest BCUT2D eigenvalue weighted by molar-refractivity contribution is -0.0451. The highest BCUT2D eigenvalue weighted by Crippen LogP contribution is 2.31. The van der Waals surface area contributed by atoms with Crippen molar-refractivity contribution in [1.29, 1.82) is 0 Å². The van der Waals surface area contributed by atoms with Crippen LogP contribution in [0.4, 0.5) is 0 Å². The standard InChI is InChI=1S/C12H15BrO2/c1-3-9-7-10(13)6-8(2)11(9)12-14-4-5-15-12/h6-7,12H,3-5H2,1-2H3. The van der Waals surface area contributed by atoms with Gasteiger partial charge in [-0.3, -0.25) is 0 Å². The lowest BCUT2D eigenvalue weighted by Gasteiger charge is -2.17. The lowest BCUT2D eigenvalue weighted by atomic mass is 10.00. The summed E-state index contributed by atoms with van der Waals surface area (Å²) in [5, 5.41) is 0. The molecule has 0 aliphatic carbocycles. The zero-order valence-electron chi connectivity index (χ0n) is 9.05. The highest BCUT2D eigenvalue weighted by atomic mass is 79.9. The summed E-state index contributed by atoms with van der Waals surface area (Å²) in [6, 6.07) is 4.26. The normalized spacial score (nSPS) is 17.3. The SMILES string of the molecule is CCc1cc(Br)cc(C)c1C1OCCO1. The van der Waals surface area contributed by atoms with Crippen LogP contribution in [0.2, 0.25) is 0 Å². The van der Waals surface area contributed by atoms with E-state index in [-0.39, 0.29) is 6.29 Å². The van der Waals surface area contributed by atoms with E-state index in [0.717, 1.165) is 10.9 Å². The second-order valence-electron chi connectivity index (χ2n) is 3.72. The molecule has 0 spiro atoms. The van der Waals surface area contributed by atoms with Crippen LogP contribution >= 0.6 is 15.9 Å². The second kappa shape index (κ2) is 4.64. The molecule has 2 nitrogen and oxygen atoms in total. The first-order valence-corrected chi connectivity index (χ1v) is 6.03. The van der Waals surface area contributed by atoms with Crippen molar-refractivity contribution in [3.63, 3.8) is 0 Å². The molecule has 1 heterocycles. The second-order valence-corrected chi connectivity index (χ2v) is 4.64. The molecule has 0 unspecified atom stereocenters. The van der Waals surface area contributed by atoms with E-state index in [1.807, 2.05) is 0 Å². The van der Waals surface area contributed by atoms with Crippen LogP contribution in [-0.4, -0.2) is 13.2 Å². The summed E-state index contributed by atoms with van der Waals surface area (Å²) in [5.74, 6) is 0. The number of benzene rings is 1. The van der Waals surface area contributed by atoms with Gasteiger partial charge in [-0.05, 0) is 36.6 Å². The summed E-state index contributed by atoms with van der Waals surface area (Å²) in [6.07, 6.45) is 0.840. The molecule has 0 amide bonds. The zero-order chi connectivity index (χ0) is 10.8. The molecule has 1 aromatic carbocycles. The van der Waals surface area contributed by atoms with E-state index in [9.17, 15) is 0 Å². The van der Waals surface area contributed by atoms with E-state index in [1.54, 1.807) is 0 Å². The Hall–Kier alpha value is -0.380. The maximum Gasteiger partial charge on any atom is 0.184 e. The van der Waals surface area contributed by atoms with Crippen molar-refractivity contribution in [2.24, 2.45) is 0 Å². The van der Waals surface area contributed by atoms with Gasteiger partial charge in [0.05, 0.1) is 13.2 Å². The zero-order valence-corrected chi connectivity index (χ0v) is 10.6. The highest BCUT2D eigenvalue weighted by Gasteiger charge is 2.22. The summed E-state index contributed by atoms with van der Waals surface area (Å²) in [5.41, 5.74) is 3.74. The van der Waals surface area contributed by atoms with Crippen LogP contribution in [0, 0.1) is 6.92 Å². The number of rotatable bonds is 2. The minimum absolute atomic E-state index is 0.159. The van der Waals surface area contributed by atoms with E-state index in [2.05, 4.69) is 41.9 Å². The molecule has 0 saturated carbocycles. The monoisotopic (exact) mass is 270 g/mol. The molecule has 15 heavy (non-hydrogen) atoms. The fourth-order valence-corrected chi connectivity index (χ4v) is 2.60. The van der Waals surface area contributed by atoms with Crippen molar-refractivity contribution < 1.29 is 9.47 Å². The molecule has 1 aromatic rings. The third-order valence-electron chi connectivity index (χ3n) is 2.68. The van der Waals surface area contributed by atoms with Crippen molar-refractivity contribution in [2.75, 3.05) is 13.2 Å². The van der Waals surface area contributed by atoms with Crippen LogP contribution in [0.15, 0.2) is 16.6 Å². The van der Waals surface area contributed by atoms with Gasteiger partial charge in [-0.1, -0.05) is 22.9 Å². The third-order valence-corrected chi connectivity index (χ3v) is 3.13. The first-order valence-electron chi connectivity index (χ1n) is 5.24. The number of aryl methyl sites for hydroxylation is 2. The van der Waals surface area contributed by atoms with Crippen molar-refractivity contribution in [1.82, 2.24) is 0 Å². The van der Waals surface area contributed by atoms with Gasteiger partial charge in [0.2, 0.25) is 0 Å². The van der Waals surface area contributed by atoms with E-state index < -0.39 is 0 Å². The van der Waals surface area contributed by atoms with Gasteiger partial charge in [0, 0.05) is 10.0 Å². The molecule has 82 valence electrons. The van der Waals surface area contributed by atoms with E-state index >= 15 is 0 Å². The van der Waals surface area contributed by atoms with Gasteiger partial charge in [-0.15, -0.1) is 0 Å². The van der Waals surface area contributed by atoms with Crippen molar-refractivity contribution in [2.45, 2.75) is 26.6 Å². The number of ether oxygens (including phenoxy) is 2. The van der Waals surface area contributed by atoms with Crippen molar-refractivity contribution >= 4 is 15.9 Å². The van der Waals surface area contributed by atoms with Gasteiger partial charge in [-0.25, -0.2) is 0 Å². The topological polar surface area (TPSA) is 18.5 Å². The number of halogens is 1. The Morgan fingerprint density at radius 1 is 1.33 bits per heavy atom. The Bertz CT molecular complexity index is 357. The highest BCUT2D eigenvalue weighted by molar-refractivity contribution is 9.10. The van der Waals surface area contributed by atoms with E-state index in [1.165, 1.54) is 16.7 Å². The Morgan fingerprint density at radius 3 is 2.60 bits per heavy atom. The van der Waals surface area contributed by atoms with Crippen molar-refractivity contribution in [3.05, 3.63) is 33.3 Å². The predicted octanol–water partition coefficient (Wildman–Crippen LogP) is 3.37. The van der Waals surface area contributed by atoms with Gasteiger partial charge in [-0.2, -0.15) is 0 Å².